The molecule has 0 saturated carbocycles. The zero-order valence-corrected chi connectivity index (χ0v) is 10.3. The summed E-state index contributed by atoms with van der Waals surface area (Å²) in [5.74, 6) is 1.38. The predicted molar refractivity (Wildman–Crippen MR) is 62.6 cm³/mol. The van der Waals surface area contributed by atoms with Crippen LogP contribution in [0.25, 0.3) is 0 Å². The van der Waals surface area contributed by atoms with Gasteiger partial charge in [-0.3, -0.25) is 4.79 Å². The fourth-order valence-corrected chi connectivity index (χ4v) is 2.19. The molecule has 1 fully saturated rings. The molecule has 0 bridgehead atoms. The lowest BCUT2D eigenvalue weighted by Crippen LogP contribution is -2.43. The van der Waals surface area contributed by atoms with Crippen molar-refractivity contribution in [2.24, 2.45) is 17.8 Å². The van der Waals surface area contributed by atoms with E-state index < -0.39 is 0 Å². The van der Waals surface area contributed by atoms with E-state index in [1.165, 1.54) is 0 Å². The molecule has 88 valence electrons. The minimum Gasteiger partial charge on any atom is -0.353 e. The first-order valence-electron chi connectivity index (χ1n) is 6.07. The van der Waals surface area contributed by atoms with E-state index in [9.17, 15) is 4.79 Å². The quantitative estimate of drug-likeness (QED) is 0.739. The fourth-order valence-electron chi connectivity index (χ4n) is 2.19. The zero-order valence-electron chi connectivity index (χ0n) is 10.3. The van der Waals surface area contributed by atoms with Gasteiger partial charge in [-0.1, -0.05) is 27.7 Å². The fraction of sp³-hybridized carbons (Fsp3) is 0.917. The van der Waals surface area contributed by atoms with Crippen LogP contribution in [0.2, 0.25) is 0 Å². The predicted octanol–water partition coefficient (Wildman–Crippen LogP) is 1.39. The minimum absolute atomic E-state index is 0.165. The Kier molecular flexibility index (Phi) is 4.58. The second-order valence-electron chi connectivity index (χ2n) is 5.01. The van der Waals surface area contributed by atoms with Crippen molar-refractivity contribution >= 4 is 5.91 Å². The molecule has 1 saturated heterocycles. The summed E-state index contributed by atoms with van der Waals surface area (Å²) in [5, 5.41) is 6.42. The lowest BCUT2D eigenvalue weighted by atomic mass is 9.95. The van der Waals surface area contributed by atoms with E-state index in [1.807, 2.05) is 0 Å². The molecule has 1 aliphatic rings. The average Bonchev–Trinajstić information content (AvgIpc) is 2.60. The first kappa shape index (κ1) is 12.5. The monoisotopic (exact) mass is 212 g/mol. The van der Waals surface area contributed by atoms with Crippen LogP contribution in [0, 0.1) is 17.8 Å². The number of carbonyl (C=O) groups excluding carboxylic acids is 1. The van der Waals surface area contributed by atoms with Crippen LogP contribution in [0.3, 0.4) is 0 Å². The molecule has 1 heterocycles. The van der Waals surface area contributed by atoms with Crippen LogP contribution in [0.5, 0.6) is 0 Å². The SMILES string of the molecule is CCC(NC(=O)[C@@H]1CNC[C@H]1C)C(C)C. The van der Waals surface area contributed by atoms with E-state index in [4.69, 9.17) is 0 Å². The number of nitrogens with one attached hydrogen (secondary N) is 2. The van der Waals surface area contributed by atoms with Crippen LogP contribution in [-0.2, 0) is 4.79 Å². The minimum atomic E-state index is 0.165. The Labute approximate surface area is 93.0 Å². The largest absolute Gasteiger partial charge is 0.353 e. The molecule has 3 heteroatoms. The second-order valence-corrected chi connectivity index (χ2v) is 5.01. The van der Waals surface area contributed by atoms with Crippen molar-refractivity contribution < 1.29 is 4.79 Å². The Hall–Kier alpha value is -0.570. The normalized spacial score (nSPS) is 28.1. The molecule has 0 aromatic rings. The summed E-state index contributed by atoms with van der Waals surface area (Å²) in [6, 6.07) is 0.324. The van der Waals surface area contributed by atoms with Gasteiger partial charge in [-0.2, -0.15) is 0 Å². The van der Waals surface area contributed by atoms with E-state index in [0.29, 0.717) is 17.9 Å². The molecule has 0 aliphatic carbocycles. The molecule has 0 radical (unpaired) electrons. The van der Waals surface area contributed by atoms with Crippen LogP contribution in [-0.4, -0.2) is 25.0 Å². The molecule has 3 atom stereocenters. The van der Waals surface area contributed by atoms with Gasteiger partial charge in [-0.25, -0.2) is 0 Å². The highest BCUT2D eigenvalue weighted by atomic mass is 16.2. The molecule has 1 amide bonds. The van der Waals surface area contributed by atoms with Gasteiger partial charge in [0, 0.05) is 12.6 Å². The number of carbonyl (C=O) groups is 1. The summed E-state index contributed by atoms with van der Waals surface area (Å²) < 4.78 is 0. The molecule has 0 spiro atoms. The van der Waals surface area contributed by atoms with Gasteiger partial charge in [0.2, 0.25) is 5.91 Å². The van der Waals surface area contributed by atoms with Crippen molar-refractivity contribution in [2.75, 3.05) is 13.1 Å². The molecule has 1 aliphatic heterocycles. The highest BCUT2D eigenvalue weighted by molar-refractivity contribution is 5.79. The van der Waals surface area contributed by atoms with Gasteiger partial charge >= 0.3 is 0 Å². The van der Waals surface area contributed by atoms with E-state index in [-0.39, 0.29) is 11.8 Å². The van der Waals surface area contributed by atoms with Crippen LogP contribution >= 0.6 is 0 Å². The van der Waals surface area contributed by atoms with Crippen LogP contribution in [0.4, 0.5) is 0 Å². The van der Waals surface area contributed by atoms with Crippen molar-refractivity contribution in [3.05, 3.63) is 0 Å². The Morgan fingerprint density at radius 1 is 1.47 bits per heavy atom. The molecule has 15 heavy (non-hydrogen) atoms. The molecule has 2 N–H and O–H groups in total. The van der Waals surface area contributed by atoms with Gasteiger partial charge in [0.25, 0.3) is 0 Å². The summed E-state index contributed by atoms with van der Waals surface area (Å²) in [6.45, 7) is 10.4. The lowest BCUT2D eigenvalue weighted by Gasteiger charge is -2.23. The third-order valence-electron chi connectivity index (χ3n) is 3.43. The third kappa shape index (κ3) is 3.20. The summed E-state index contributed by atoms with van der Waals surface area (Å²) in [5.41, 5.74) is 0. The Bertz CT molecular complexity index is 216. The average molecular weight is 212 g/mol. The summed E-state index contributed by atoms with van der Waals surface area (Å²) in [4.78, 5) is 12.0. The van der Waals surface area contributed by atoms with Crippen LogP contribution in [0.15, 0.2) is 0 Å². The van der Waals surface area contributed by atoms with Gasteiger partial charge in [0.15, 0.2) is 0 Å². The summed E-state index contributed by atoms with van der Waals surface area (Å²) in [7, 11) is 0. The molecular formula is C12H24N2O. The van der Waals surface area contributed by atoms with Crippen molar-refractivity contribution in [3.63, 3.8) is 0 Å². The maximum absolute atomic E-state index is 12.0. The lowest BCUT2D eigenvalue weighted by molar-refractivity contribution is -0.126. The first-order valence-corrected chi connectivity index (χ1v) is 6.07. The van der Waals surface area contributed by atoms with Crippen LogP contribution < -0.4 is 10.6 Å². The van der Waals surface area contributed by atoms with Crippen molar-refractivity contribution in [3.8, 4) is 0 Å². The number of hydrogen-bond acceptors (Lipinski definition) is 2. The standard InChI is InChI=1S/C12H24N2O/c1-5-11(8(2)3)14-12(15)10-7-13-6-9(10)4/h8-11,13H,5-7H2,1-4H3,(H,14,15)/t9-,10-,11?/m1/s1. The highest BCUT2D eigenvalue weighted by Crippen LogP contribution is 2.17. The summed E-state index contributed by atoms with van der Waals surface area (Å²) in [6.07, 6.45) is 1.01. The molecule has 3 nitrogen and oxygen atoms in total. The van der Waals surface area contributed by atoms with E-state index >= 15 is 0 Å². The van der Waals surface area contributed by atoms with Gasteiger partial charge in [-0.15, -0.1) is 0 Å². The smallest absolute Gasteiger partial charge is 0.224 e. The maximum atomic E-state index is 12.0. The number of hydrogen-bond donors (Lipinski definition) is 2. The van der Waals surface area contributed by atoms with Gasteiger partial charge in [0.1, 0.15) is 0 Å². The molecular weight excluding hydrogens is 188 g/mol. The van der Waals surface area contributed by atoms with Gasteiger partial charge in [-0.05, 0) is 24.8 Å². The second kappa shape index (κ2) is 5.50. The topological polar surface area (TPSA) is 41.1 Å². The molecule has 0 aromatic heterocycles. The number of amides is 1. The highest BCUT2D eigenvalue weighted by Gasteiger charge is 2.30. The van der Waals surface area contributed by atoms with E-state index in [1.54, 1.807) is 0 Å². The Morgan fingerprint density at radius 3 is 2.53 bits per heavy atom. The zero-order chi connectivity index (χ0) is 11.4. The van der Waals surface area contributed by atoms with Gasteiger partial charge in [0.05, 0.1) is 5.92 Å². The van der Waals surface area contributed by atoms with E-state index in [2.05, 4.69) is 38.3 Å². The van der Waals surface area contributed by atoms with Crippen molar-refractivity contribution in [1.82, 2.24) is 10.6 Å². The molecule has 0 aromatic carbocycles. The molecule has 1 unspecified atom stereocenters. The van der Waals surface area contributed by atoms with Gasteiger partial charge < -0.3 is 10.6 Å². The van der Waals surface area contributed by atoms with E-state index in [0.717, 1.165) is 19.5 Å². The third-order valence-corrected chi connectivity index (χ3v) is 3.43. The van der Waals surface area contributed by atoms with Crippen molar-refractivity contribution in [2.45, 2.75) is 40.2 Å². The first-order chi connectivity index (χ1) is 7.06. The van der Waals surface area contributed by atoms with Crippen molar-refractivity contribution in [1.29, 1.82) is 0 Å². The Morgan fingerprint density at radius 2 is 2.13 bits per heavy atom. The number of rotatable bonds is 4. The van der Waals surface area contributed by atoms with Crippen LogP contribution in [0.1, 0.15) is 34.1 Å². The summed E-state index contributed by atoms with van der Waals surface area (Å²) >= 11 is 0. The Balaban J connectivity index is 2.46. The maximum Gasteiger partial charge on any atom is 0.224 e. The molecule has 1 rings (SSSR count).